The summed E-state index contributed by atoms with van der Waals surface area (Å²) in [6, 6.07) is 0. The Hall–Kier alpha value is -0.613. The standard InChI is InChI=1S/C12H24O3Si/c1-8-9-10(11(13)14-5)15-16(6,7)12(2,3)4/h8,10H,1,9H2,2-7H3/t10-/m1/s1. The number of hydrogen-bond acceptors (Lipinski definition) is 3. The third-order valence-electron chi connectivity index (χ3n) is 3.09. The number of methoxy groups -OCH3 is 1. The van der Waals surface area contributed by atoms with Crippen LogP contribution in [0.4, 0.5) is 0 Å². The molecule has 0 rings (SSSR count). The number of rotatable bonds is 5. The first-order valence-electron chi connectivity index (χ1n) is 5.52. The fraction of sp³-hybridized carbons (Fsp3) is 0.750. The molecule has 0 aliphatic heterocycles. The van der Waals surface area contributed by atoms with E-state index in [4.69, 9.17) is 9.16 Å². The molecule has 0 unspecified atom stereocenters. The monoisotopic (exact) mass is 244 g/mol. The minimum absolute atomic E-state index is 0.0838. The topological polar surface area (TPSA) is 35.5 Å². The van der Waals surface area contributed by atoms with Gasteiger partial charge in [0.05, 0.1) is 7.11 Å². The highest BCUT2D eigenvalue weighted by Gasteiger charge is 2.40. The minimum atomic E-state index is -1.93. The van der Waals surface area contributed by atoms with Crippen LogP contribution < -0.4 is 0 Å². The summed E-state index contributed by atoms with van der Waals surface area (Å²) < 4.78 is 10.7. The van der Waals surface area contributed by atoms with Gasteiger partial charge in [-0.15, -0.1) is 6.58 Å². The number of ether oxygens (including phenoxy) is 1. The summed E-state index contributed by atoms with van der Waals surface area (Å²) in [4.78, 5) is 11.5. The van der Waals surface area contributed by atoms with Crippen molar-refractivity contribution in [3.63, 3.8) is 0 Å². The molecule has 0 bridgehead atoms. The summed E-state index contributed by atoms with van der Waals surface area (Å²) in [7, 11) is -0.551. The number of hydrogen-bond donors (Lipinski definition) is 0. The minimum Gasteiger partial charge on any atom is -0.467 e. The predicted octanol–water partition coefficient (Wildman–Crippen LogP) is 3.13. The average molecular weight is 244 g/mol. The fourth-order valence-electron chi connectivity index (χ4n) is 1.01. The molecule has 0 saturated carbocycles. The molecule has 4 heteroatoms. The molecule has 1 atom stereocenters. The Morgan fingerprint density at radius 1 is 1.44 bits per heavy atom. The van der Waals surface area contributed by atoms with Gasteiger partial charge in [0.1, 0.15) is 6.10 Å². The van der Waals surface area contributed by atoms with Crippen LogP contribution in [-0.4, -0.2) is 27.5 Å². The Balaban J connectivity index is 4.75. The Labute approximate surface area is 100.0 Å². The third-order valence-corrected chi connectivity index (χ3v) is 7.57. The third kappa shape index (κ3) is 4.10. The maximum absolute atomic E-state index is 11.5. The fourth-order valence-corrected chi connectivity index (χ4v) is 2.26. The van der Waals surface area contributed by atoms with Crippen molar-refractivity contribution in [3.05, 3.63) is 12.7 Å². The van der Waals surface area contributed by atoms with Gasteiger partial charge in [-0.3, -0.25) is 0 Å². The van der Waals surface area contributed by atoms with Crippen molar-refractivity contribution in [1.29, 1.82) is 0 Å². The van der Waals surface area contributed by atoms with Crippen molar-refractivity contribution in [2.75, 3.05) is 7.11 Å². The van der Waals surface area contributed by atoms with Gasteiger partial charge in [0, 0.05) is 6.42 Å². The van der Waals surface area contributed by atoms with Crippen molar-refractivity contribution in [3.8, 4) is 0 Å². The highest BCUT2D eigenvalue weighted by molar-refractivity contribution is 6.74. The molecule has 0 aromatic heterocycles. The van der Waals surface area contributed by atoms with E-state index in [0.717, 1.165) is 0 Å². The van der Waals surface area contributed by atoms with Gasteiger partial charge in [0.15, 0.2) is 8.32 Å². The van der Waals surface area contributed by atoms with Gasteiger partial charge >= 0.3 is 5.97 Å². The predicted molar refractivity (Wildman–Crippen MR) is 68.9 cm³/mol. The lowest BCUT2D eigenvalue weighted by atomic mass is 10.2. The van der Waals surface area contributed by atoms with Crippen molar-refractivity contribution in [1.82, 2.24) is 0 Å². The van der Waals surface area contributed by atoms with E-state index in [-0.39, 0.29) is 11.0 Å². The second kappa shape index (κ2) is 5.64. The molecule has 0 fully saturated rings. The zero-order valence-corrected chi connectivity index (χ0v) is 12.3. The zero-order valence-electron chi connectivity index (χ0n) is 11.3. The van der Waals surface area contributed by atoms with Crippen molar-refractivity contribution in [2.24, 2.45) is 0 Å². The van der Waals surface area contributed by atoms with E-state index >= 15 is 0 Å². The highest BCUT2D eigenvalue weighted by atomic mass is 28.4. The molecule has 0 aliphatic rings. The van der Waals surface area contributed by atoms with Crippen LogP contribution in [0.2, 0.25) is 18.1 Å². The lowest BCUT2D eigenvalue weighted by Gasteiger charge is -2.38. The van der Waals surface area contributed by atoms with Gasteiger partial charge in [-0.1, -0.05) is 26.8 Å². The maximum Gasteiger partial charge on any atom is 0.334 e. The molecule has 0 aromatic carbocycles. The van der Waals surface area contributed by atoms with Crippen LogP contribution >= 0.6 is 0 Å². The molecule has 3 nitrogen and oxygen atoms in total. The first-order chi connectivity index (χ1) is 7.15. The Morgan fingerprint density at radius 2 is 1.94 bits per heavy atom. The molecule has 0 saturated heterocycles. The zero-order chi connectivity index (χ0) is 13.0. The van der Waals surface area contributed by atoms with Gasteiger partial charge in [0.25, 0.3) is 0 Å². The van der Waals surface area contributed by atoms with Crippen LogP contribution in [0.15, 0.2) is 12.7 Å². The lowest BCUT2D eigenvalue weighted by Crippen LogP contribution is -2.46. The largest absolute Gasteiger partial charge is 0.467 e. The van der Waals surface area contributed by atoms with Crippen LogP contribution in [0.1, 0.15) is 27.2 Å². The van der Waals surface area contributed by atoms with E-state index in [1.54, 1.807) is 6.08 Å². The molecule has 0 heterocycles. The molecule has 0 amide bonds. The van der Waals surface area contributed by atoms with E-state index in [2.05, 4.69) is 40.4 Å². The van der Waals surface area contributed by atoms with Gasteiger partial charge in [-0.2, -0.15) is 0 Å². The van der Waals surface area contributed by atoms with E-state index in [1.807, 2.05) is 0 Å². The number of carbonyl (C=O) groups excluding carboxylic acids is 1. The first-order valence-corrected chi connectivity index (χ1v) is 8.43. The van der Waals surface area contributed by atoms with E-state index in [1.165, 1.54) is 7.11 Å². The summed E-state index contributed by atoms with van der Waals surface area (Å²) in [6.45, 7) is 14.3. The quantitative estimate of drug-likeness (QED) is 0.423. The summed E-state index contributed by atoms with van der Waals surface area (Å²) in [6.07, 6.45) is 1.68. The van der Waals surface area contributed by atoms with Crippen LogP contribution in [0.3, 0.4) is 0 Å². The second-order valence-corrected chi connectivity index (χ2v) is 10.2. The summed E-state index contributed by atoms with van der Waals surface area (Å²) in [5.41, 5.74) is 0. The second-order valence-electron chi connectivity index (χ2n) is 5.41. The Bertz CT molecular complexity index is 253. The molecular weight excluding hydrogens is 220 g/mol. The summed E-state index contributed by atoms with van der Waals surface area (Å²) in [5, 5.41) is 0.0838. The lowest BCUT2D eigenvalue weighted by molar-refractivity contribution is -0.149. The van der Waals surface area contributed by atoms with E-state index < -0.39 is 14.4 Å². The SMILES string of the molecule is C=CC[C@@H](O[Si](C)(C)C(C)(C)C)C(=O)OC. The van der Waals surface area contributed by atoms with Crippen LogP contribution in [0.5, 0.6) is 0 Å². The number of esters is 1. The average Bonchev–Trinajstić information content (AvgIpc) is 2.14. The van der Waals surface area contributed by atoms with Gasteiger partial charge in [0.2, 0.25) is 0 Å². The smallest absolute Gasteiger partial charge is 0.334 e. The van der Waals surface area contributed by atoms with E-state index in [9.17, 15) is 4.79 Å². The first kappa shape index (κ1) is 15.4. The molecule has 0 radical (unpaired) electrons. The Morgan fingerprint density at radius 3 is 2.25 bits per heavy atom. The van der Waals surface area contributed by atoms with Crippen molar-refractivity contribution in [2.45, 2.75) is 51.4 Å². The van der Waals surface area contributed by atoms with Crippen molar-refractivity contribution >= 4 is 14.3 Å². The molecule has 94 valence electrons. The molecular formula is C12H24O3Si. The van der Waals surface area contributed by atoms with Crippen molar-refractivity contribution < 1.29 is 14.0 Å². The molecule has 0 aliphatic carbocycles. The van der Waals surface area contributed by atoms with Crippen LogP contribution in [0, 0.1) is 0 Å². The Kier molecular flexibility index (Phi) is 5.42. The molecule has 16 heavy (non-hydrogen) atoms. The molecule has 0 N–H and O–H groups in total. The maximum atomic E-state index is 11.5. The molecule has 0 aromatic rings. The van der Waals surface area contributed by atoms with Gasteiger partial charge in [-0.25, -0.2) is 4.79 Å². The van der Waals surface area contributed by atoms with Gasteiger partial charge in [-0.05, 0) is 18.1 Å². The summed E-state index contributed by atoms with van der Waals surface area (Å²) in [5.74, 6) is -0.315. The van der Waals surface area contributed by atoms with Crippen LogP contribution in [0.25, 0.3) is 0 Å². The van der Waals surface area contributed by atoms with E-state index in [0.29, 0.717) is 6.42 Å². The van der Waals surface area contributed by atoms with Crippen LogP contribution in [-0.2, 0) is 14.0 Å². The molecule has 0 spiro atoms. The number of carbonyl (C=O) groups is 1. The van der Waals surface area contributed by atoms with Gasteiger partial charge < -0.3 is 9.16 Å². The highest BCUT2D eigenvalue weighted by Crippen LogP contribution is 2.37. The summed E-state index contributed by atoms with van der Waals surface area (Å²) >= 11 is 0. The normalized spacial score (nSPS) is 14.4.